The fraction of sp³-hybridized carbons (Fsp3) is 0.375. The maximum atomic E-state index is 4.74. The van der Waals surface area contributed by atoms with Gasteiger partial charge in [-0.05, 0) is 48.5 Å². The van der Waals surface area contributed by atoms with Crippen LogP contribution in [0.1, 0.15) is 38.5 Å². The molecule has 0 bridgehead atoms. The van der Waals surface area contributed by atoms with Crippen LogP contribution < -0.4 is 0 Å². The van der Waals surface area contributed by atoms with E-state index in [2.05, 4.69) is 31.3 Å². The predicted molar refractivity (Wildman–Crippen MR) is 101 cm³/mol. The minimum atomic E-state index is 0.928. The van der Waals surface area contributed by atoms with E-state index in [1.165, 1.54) is 42.4 Å². The van der Waals surface area contributed by atoms with E-state index in [4.69, 9.17) is 25.3 Å². The van der Waals surface area contributed by atoms with Crippen molar-refractivity contribution in [2.24, 2.45) is 0 Å². The molecule has 0 saturated heterocycles. The molecule has 106 valence electrons. The van der Waals surface area contributed by atoms with Crippen molar-refractivity contribution < 1.29 is 0 Å². The molecule has 0 atom stereocenters. The van der Waals surface area contributed by atoms with Gasteiger partial charge in [0.2, 0.25) is 0 Å². The molecule has 0 amide bonds. The van der Waals surface area contributed by atoms with Crippen LogP contribution in [0, 0.1) is 0 Å². The van der Waals surface area contributed by atoms with Crippen molar-refractivity contribution in [1.82, 2.24) is 0 Å². The Labute approximate surface area is 142 Å². The highest BCUT2D eigenvalue weighted by Crippen LogP contribution is 2.49. The Hall–Kier alpha value is 0.1000. The second kappa shape index (κ2) is 6.07. The van der Waals surface area contributed by atoms with E-state index in [-0.39, 0.29) is 0 Å². The first-order valence-electron chi connectivity index (χ1n) is 7.01. The summed E-state index contributed by atoms with van der Waals surface area (Å²) in [5, 5.41) is 0. The van der Waals surface area contributed by atoms with Crippen LogP contribution in [0.2, 0.25) is 0 Å². The predicted octanol–water partition coefficient (Wildman–Crippen LogP) is 5.66. The molecular weight excluding hydrogens is 320 g/mol. The molecule has 0 nitrogen and oxygen atoms in total. The monoisotopic (exact) mass is 338 g/mol. The minimum Gasteiger partial charge on any atom is -0.142 e. The summed E-state index contributed by atoms with van der Waals surface area (Å²) in [6.45, 7) is 0. The number of rotatable bonds is 0. The molecule has 0 aliphatic heterocycles. The molecule has 3 aliphatic carbocycles. The number of hydrogen-bond donors (Lipinski definition) is 4. The van der Waals surface area contributed by atoms with Gasteiger partial charge in [-0.15, -0.1) is 50.5 Å². The Balaban J connectivity index is 2.16. The van der Waals surface area contributed by atoms with Crippen LogP contribution in [0.5, 0.6) is 0 Å². The van der Waals surface area contributed by atoms with Crippen molar-refractivity contribution in [1.29, 1.82) is 0 Å². The Morgan fingerprint density at radius 3 is 1.90 bits per heavy atom. The minimum absolute atomic E-state index is 0.928. The molecule has 0 heterocycles. The Morgan fingerprint density at radius 1 is 0.650 bits per heavy atom. The summed E-state index contributed by atoms with van der Waals surface area (Å²) in [7, 11) is 0. The van der Waals surface area contributed by atoms with Gasteiger partial charge in [0.05, 0.1) is 0 Å². The summed E-state index contributed by atoms with van der Waals surface area (Å²) in [6, 6.07) is 0. The lowest BCUT2D eigenvalue weighted by atomic mass is 9.91. The second-order valence-corrected chi connectivity index (χ2v) is 7.25. The van der Waals surface area contributed by atoms with Gasteiger partial charge in [0.1, 0.15) is 0 Å². The van der Waals surface area contributed by atoms with Crippen molar-refractivity contribution >= 4 is 50.5 Å². The third kappa shape index (κ3) is 2.49. The smallest absolute Gasteiger partial charge is 0.0259 e. The van der Waals surface area contributed by atoms with Crippen LogP contribution in [-0.4, -0.2) is 0 Å². The molecule has 0 fully saturated rings. The first kappa shape index (κ1) is 15.0. The molecule has 0 unspecified atom stereocenters. The molecule has 0 radical (unpaired) electrons. The number of thiol groups is 4. The summed E-state index contributed by atoms with van der Waals surface area (Å²) in [4.78, 5) is 3.95. The largest absolute Gasteiger partial charge is 0.142 e. The van der Waals surface area contributed by atoms with Gasteiger partial charge in [0.15, 0.2) is 0 Å². The van der Waals surface area contributed by atoms with E-state index in [0.717, 1.165) is 38.0 Å². The van der Waals surface area contributed by atoms with Crippen molar-refractivity contribution in [2.75, 3.05) is 0 Å². The molecule has 0 aromatic heterocycles. The molecule has 0 aromatic rings. The third-order valence-corrected chi connectivity index (χ3v) is 6.34. The summed E-state index contributed by atoms with van der Waals surface area (Å²) in [5.41, 5.74) is 5.23. The zero-order chi connectivity index (χ0) is 14.3. The molecule has 4 heteroatoms. The van der Waals surface area contributed by atoms with E-state index >= 15 is 0 Å². The Morgan fingerprint density at radius 2 is 1.30 bits per heavy atom. The van der Waals surface area contributed by atoms with Gasteiger partial charge in [-0.25, -0.2) is 0 Å². The van der Waals surface area contributed by atoms with Crippen molar-refractivity contribution in [3.63, 3.8) is 0 Å². The number of hydrogen-bond acceptors (Lipinski definition) is 4. The summed E-state index contributed by atoms with van der Waals surface area (Å²) in [5.74, 6) is 0. The van der Waals surface area contributed by atoms with Crippen LogP contribution in [0.3, 0.4) is 0 Å². The Kier molecular flexibility index (Phi) is 4.56. The van der Waals surface area contributed by atoms with Gasteiger partial charge in [0, 0.05) is 25.2 Å². The van der Waals surface area contributed by atoms with Gasteiger partial charge >= 0.3 is 0 Å². The van der Waals surface area contributed by atoms with E-state index in [1.54, 1.807) is 0 Å². The van der Waals surface area contributed by atoms with Crippen LogP contribution in [-0.2, 0) is 0 Å². The van der Waals surface area contributed by atoms with Crippen LogP contribution in [0.15, 0.2) is 54.1 Å². The highest BCUT2D eigenvalue weighted by atomic mass is 32.1. The summed E-state index contributed by atoms with van der Waals surface area (Å²) < 4.78 is 0. The SMILES string of the molecule is SC1=C(S)C(=C2C(S)=C(S)C3=C2CCCCCC3)C=C1. The van der Waals surface area contributed by atoms with E-state index in [0.29, 0.717) is 0 Å². The standard InChI is InChI=1S/C16H18S4/c17-12-8-7-11(14(12)18)13-9-5-3-1-2-4-6-10(9)15(19)16(13)20/h7-8,17-20H,1-6H2. The van der Waals surface area contributed by atoms with Gasteiger partial charge in [-0.3, -0.25) is 0 Å². The van der Waals surface area contributed by atoms with Gasteiger partial charge < -0.3 is 0 Å². The molecule has 3 aliphatic rings. The molecule has 20 heavy (non-hydrogen) atoms. The first-order chi connectivity index (χ1) is 9.61. The van der Waals surface area contributed by atoms with Gasteiger partial charge in [-0.2, -0.15) is 0 Å². The molecule has 0 N–H and O–H groups in total. The van der Waals surface area contributed by atoms with E-state index < -0.39 is 0 Å². The van der Waals surface area contributed by atoms with Crippen molar-refractivity contribution in [3.05, 3.63) is 54.1 Å². The van der Waals surface area contributed by atoms with Crippen molar-refractivity contribution in [2.45, 2.75) is 38.5 Å². The maximum absolute atomic E-state index is 4.74. The second-order valence-electron chi connectivity index (χ2n) is 5.42. The fourth-order valence-electron chi connectivity index (χ4n) is 3.15. The maximum Gasteiger partial charge on any atom is 0.0259 e. The third-order valence-electron chi connectivity index (χ3n) is 4.19. The average molecular weight is 339 g/mol. The van der Waals surface area contributed by atoms with Gasteiger partial charge in [0.25, 0.3) is 0 Å². The summed E-state index contributed by atoms with van der Waals surface area (Å²) in [6.07, 6.45) is 11.5. The molecule has 0 spiro atoms. The molecule has 0 saturated carbocycles. The van der Waals surface area contributed by atoms with Gasteiger partial charge in [-0.1, -0.05) is 18.9 Å². The van der Waals surface area contributed by atoms with Crippen molar-refractivity contribution in [3.8, 4) is 0 Å². The molecule has 0 aromatic carbocycles. The van der Waals surface area contributed by atoms with Crippen LogP contribution in [0.25, 0.3) is 0 Å². The van der Waals surface area contributed by atoms with E-state index in [9.17, 15) is 0 Å². The fourth-order valence-corrected chi connectivity index (χ4v) is 4.36. The highest BCUT2D eigenvalue weighted by Gasteiger charge is 2.29. The average Bonchev–Trinajstić information content (AvgIpc) is 2.82. The topological polar surface area (TPSA) is 0 Å². The lowest BCUT2D eigenvalue weighted by Gasteiger charge is -2.16. The Bertz CT molecular complexity index is 614. The lowest BCUT2D eigenvalue weighted by Crippen LogP contribution is -1.97. The summed E-state index contributed by atoms with van der Waals surface area (Å²) >= 11 is 18.5. The van der Waals surface area contributed by atoms with E-state index in [1.807, 2.05) is 6.08 Å². The zero-order valence-electron chi connectivity index (χ0n) is 11.2. The quantitative estimate of drug-likeness (QED) is 0.403. The number of allylic oxidation sites excluding steroid dienone is 6. The van der Waals surface area contributed by atoms with Crippen LogP contribution in [0.4, 0.5) is 0 Å². The first-order valence-corrected chi connectivity index (χ1v) is 8.80. The lowest BCUT2D eigenvalue weighted by molar-refractivity contribution is 0.621. The molecular formula is C16H18S4. The highest BCUT2D eigenvalue weighted by molar-refractivity contribution is 7.89. The zero-order valence-corrected chi connectivity index (χ0v) is 14.8. The van der Waals surface area contributed by atoms with Crippen LogP contribution >= 0.6 is 50.5 Å². The normalized spacial score (nSPS) is 27.4. The molecule has 3 rings (SSSR count).